The van der Waals surface area contributed by atoms with Crippen LogP contribution in [0.1, 0.15) is 168 Å². The zero-order valence-electron chi connectivity index (χ0n) is 29.8. The fraction of sp³-hybridized carbons (Fsp3) is 0.889. The van der Waals surface area contributed by atoms with Crippen LogP contribution in [0.3, 0.4) is 0 Å². The molecule has 1 unspecified atom stereocenters. The molecule has 0 fully saturated rings. The molecule has 0 aliphatic heterocycles. The minimum absolute atomic E-state index is 0.184. The van der Waals surface area contributed by atoms with Gasteiger partial charge in [-0.2, -0.15) is 0 Å². The van der Waals surface area contributed by atoms with Crippen molar-refractivity contribution in [3.05, 3.63) is 12.2 Å². The number of aliphatic hydroxyl groups is 2. The smallest absolute Gasteiger partial charge is 0.462 e. The predicted molar refractivity (Wildman–Crippen MR) is 187 cm³/mol. The third-order valence-electron chi connectivity index (χ3n) is 7.92. The van der Waals surface area contributed by atoms with Gasteiger partial charge in [0.2, 0.25) is 0 Å². The molecule has 0 saturated heterocycles. The maximum absolute atomic E-state index is 12.5. The molecule has 0 aromatic heterocycles. The van der Waals surface area contributed by atoms with Crippen LogP contribution in [0, 0.1) is 0 Å². The Morgan fingerprint density at radius 2 is 1.04 bits per heavy atom. The van der Waals surface area contributed by atoms with E-state index in [1.54, 1.807) is 0 Å². The largest absolute Gasteiger partial charge is 0.472 e. The molecule has 47 heavy (non-hydrogen) atoms. The molecule has 3 N–H and O–H groups in total. The standard InChI is InChI=1S/C36H69O10P/c1-3-5-7-9-11-13-14-15-16-17-18-20-21-23-25-27-35(39)43-31-34(32-45-47(41,42)44-30-33(38)29-37)46-36(40)28-26-24-22-19-12-10-8-6-4-2/h17-18,33-34,37-38H,3-16,19-32H2,1-2H3,(H,41,42)/b18-17+/t33-,34+/m1/s1. The first-order chi connectivity index (χ1) is 22.7. The third kappa shape index (κ3) is 33.0. The van der Waals surface area contributed by atoms with Gasteiger partial charge in [-0.3, -0.25) is 18.6 Å². The zero-order valence-corrected chi connectivity index (χ0v) is 30.6. The van der Waals surface area contributed by atoms with Crippen molar-refractivity contribution in [2.75, 3.05) is 26.4 Å². The van der Waals surface area contributed by atoms with Crippen LogP contribution in [0.4, 0.5) is 0 Å². The Bertz CT molecular complexity index is 807. The summed E-state index contributed by atoms with van der Waals surface area (Å²) in [5.74, 6) is -0.942. The molecule has 0 rings (SSSR count). The quantitative estimate of drug-likeness (QED) is 0.0254. The monoisotopic (exact) mass is 692 g/mol. The molecule has 11 heteroatoms. The van der Waals surface area contributed by atoms with E-state index in [0.29, 0.717) is 12.8 Å². The van der Waals surface area contributed by atoms with E-state index in [9.17, 15) is 24.2 Å². The van der Waals surface area contributed by atoms with Crippen LogP contribution in [0.5, 0.6) is 0 Å². The second-order valence-corrected chi connectivity index (χ2v) is 14.1. The number of allylic oxidation sites excluding steroid dienone is 2. The summed E-state index contributed by atoms with van der Waals surface area (Å²) in [6.45, 7) is 2.32. The molecule has 0 bridgehead atoms. The predicted octanol–water partition coefficient (Wildman–Crippen LogP) is 8.89. The summed E-state index contributed by atoms with van der Waals surface area (Å²) in [4.78, 5) is 34.7. The second kappa shape index (κ2) is 33.2. The molecule has 3 atom stereocenters. The maximum atomic E-state index is 12.5. The van der Waals surface area contributed by atoms with Crippen molar-refractivity contribution in [3.8, 4) is 0 Å². The lowest BCUT2D eigenvalue weighted by Crippen LogP contribution is -2.29. The van der Waals surface area contributed by atoms with Gasteiger partial charge in [0, 0.05) is 12.8 Å². The summed E-state index contributed by atoms with van der Waals surface area (Å²) in [7, 11) is -4.60. The Hall–Kier alpha value is -1.29. The van der Waals surface area contributed by atoms with Gasteiger partial charge in [0.05, 0.1) is 19.8 Å². The Morgan fingerprint density at radius 3 is 1.55 bits per heavy atom. The number of aliphatic hydroxyl groups excluding tert-OH is 2. The third-order valence-corrected chi connectivity index (χ3v) is 8.87. The molecule has 0 amide bonds. The van der Waals surface area contributed by atoms with Crippen LogP contribution in [-0.2, 0) is 32.7 Å². The number of rotatable bonds is 35. The van der Waals surface area contributed by atoms with E-state index in [4.69, 9.17) is 19.1 Å². The van der Waals surface area contributed by atoms with Gasteiger partial charge in [0.25, 0.3) is 0 Å². The molecule has 0 aromatic rings. The van der Waals surface area contributed by atoms with E-state index in [-0.39, 0.29) is 19.4 Å². The number of ether oxygens (including phenoxy) is 2. The van der Waals surface area contributed by atoms with E-state index in [1.807, 2.05) is 0 Å². The number of hydrogen-bond acceptors (Lipinski definition) is 9. The van der Waals surface area contributed by atoms with E-state index in [0.717, 1.165) is 44.9 Å². The van der Waals surface area contributed by atoms with E-state index in [2.05, 4.69) is 30.5 Å². The Labute approximate surface area is 286 Å². The highest BCUT2D eigenvalue weighted by Crippen LogP contribution is 2.43. The molecule has 0 aromatic carbocycles. The number of phosphoric ester groups is 1. The van der Waals surface area contributed by atoms with Crippen molar-refractivity contribution >= 4 is 19.8 Å². The summed E-state index contributed by atoms with van der Waals surface area (Å²) >= 11 is 0. The average Bonchev–Trinajstić information content (AvgIpc) is 3.05. The number of carbonyl (C=O) groups is 2. The molecule has 0 radical (unpaired) electrons. The molecule has 0 saturated carbocycles. The summed E-state index contributed by atoms with van der Waals surface area (Å²) in [5.41, 5.74) is 0. The van der Waals surface area contributed by atoms with Gasteiger partial charge in [0.1, 0.15) is 12.7 Å². The van der Waals surface area contributed by atoms with Crippen molar-refractivity contribution in [1.29, 1.82) is 0 Å². The highest BCUT2D eigenvalue weighted by molar-refractivity contribution is 7.47. The highest BCUT2D eigenvalue weighted by Gasteiger charge is 2.27. The van der Waals surface area contributed by atoms with Gasteiger partial charge in [-0.25, -0.2) is 4.57 Å². The second-order valence-electron chi connectivity index (χ2n) is 12.6. The summed E-state index contributed by atoms with van der Waals surface area (Å²) in [5, 5.41) is 18.2. The van der Waals surface area contributed by atoms with Gasteiger partial charge in [-0.05, 0) is 38.5 Å². The van der Waals surface area contributed by atoms with Crippen molar-refractivity contribution in [2.45, 2.75) is 180 Å². The number of esters is 2. The van der Waals surface area contributed by atoms with Gasteiger partial charge < -0.3 is 24.6 Å². The summed E-state index contributed by atoms with van der Waals surface area (Å²) in [6.07, 6.45) is 27.7. The van der Waals surface area contributed by atoms with Crippen LogP contribution in [-0.4, -0.2) is 65.7 Å². The van der Waals surface area contributed by atoms with Gasteiger partial charge in [-0.1, -0.05) is 129 Å². The van der Waals surface area contributed by atoms with Crippen LogP contribution in [0.15, 0.2) is 12.2 Å². The molecule has 0 heterocycles. The molecule has 278 valence electrons. The van der Waals surface area contributed by atoms with E-state index in [1.165, 1.54) is 83.5 Å². The molecule has 0 spiro atoms. The number of hydrogen-bond donors (Lipinski definition) is 3. The normalized spacial score (nSPS) is 14.2. The van der Waals surface area contributed by atoms with Gasteiger partial charge >= 0.3 is 19.8 Å². The highest BCUT2D eigenvalue weighted by atomic mass is 31.2. The first kappa shape index (κ1) is 45.7. The van der Waals surface area contributed by atoms with Crippen molar-refractivity contribution in [3.63, 3.8) is 0 Å². The van der Waals surface area contributed by atoms with Crippen LogP contribution in [0.25, 0.3) is 0 Å². The fourth-order valence-corrected chi connectivity index (χ4v) is 5.78. The Morgan fingerprint density at radius 1 is 0.617 bits per heavy atom. The van der Waals surface area contributed by atoms with Crippen molar-refractivity contribution in [1.82, 2.24) is 0 Å². The molecular formula is C36H69O10P. The van der Waals surface area contributed by atoms with Crippen molar-refractivity contribution < 1.29 is 47.8 Å². The number of carbonyl (C=O) groups excluding carboxylic acids is 2. The first-order valence-corrected chi connectivity index (χ1v) is 20.1. The van der Waals surface area contributed by atoms with Gasteiger partial charge in [0.15, 0.2) is 6.10 Å². The lowest BCUT2D eigenvalue weighted by molar-refractivity contribution is -0.161. The minimum atomic E-state index is -4.60. The molecule has 0 aliphatic rings. The number of unbranched alkanes of at least 4 members (excludes halogenated alkanes) is 19. The van der Waals surface area contributed by atoms with Crippen LogP contribution >= 0.6 is 7.82 Å². The van der Waals surface area contributed by atoms with E-state index >= 15 is 0 Å². The van der Waals surface area contributed by atoms with Crippen molar-refractivity contribution in [2.24, 2.45) is 0 Å². The summed E-state index contributed by atoms with van der Waals surface area (Å²) in [6, 6.07) is 0. The van der Waals surface area contributed by atoms with Crippen LogP contribution < -0.4 is 0 Å². The molecule has 10 nitrogen and oxygen atoms in total. The Kier molecular flexibility index (Phi) is 32.3. The molecular weight excluding hydrogens is 623 g/mol. The van der Waals surface area contributed by atoms with Crippen LogP contribution in [0.2, 0.25) is 0 Å². The Balaban J connectivity index is 4.35. The summed E-state index contributed by atoms with van der Waals surface area (Å²) < 4.78 is 32.5. The minimum Gasteiger partial charge on any atom is -0.462 e. The number of phosphoric acid groups is 1. The zero-order chi connectivity index (χ0) is 34.9. The van der Waals surface area contributed by atoms with Gasteiger partial charge in [-0.15, -0.1) is 0 Å². The fourth-order valence-electron chi connectivity index (χ4n) is 4.99. The van der Waals surface area contributed by atoms with E-state index < -0.39 is 51.8 Å². The average molecular weight is 693 g/mol. The SMILES string of the molecule is CCCCCCCCCC/C=C/CCCCCC(=O)OC[C@@H](COP(=O)(O)OC[C@H](O)CO)OC(=O)CCCCCCCCCCC. The first-order valence-electron chi connectivity index (χ1n) is 18.6. The maximum Gasteiger partial charge on any atom is 0.472 e. The lowest BCUT2D eigenvalue weighted by atomic mass is 10.1. The lowest BCUT2D eigenvalue weighted by Gasteiger charge is -2.20. The molecule has 0 aliphatic carbocycles. The topological polar surface area (TPSA) is 149 Å².